The molecule has 3 rings (SSSR count). The first-order valence-electron chi connectivity index (χ1n) is 7.67. The number of nitrogens with one attached hydrogen (secondary N) is 1. The molecule has 0 radical (unpaired) electrons. The van der Waals surface area contributed by atoms with Crippen LogP contribution in [0.25, 0.3) is 6.08 Å². The maximum atomic E-state index is 12.8. The van der Waals surface area contributed by atoms with Crippen molar-refractivity contribution >= 4 is 18.0 Å². The molecule has 1 N–H and O–H groups in total. The van der Waals surface area contributed by atoms with Gasteiger partial charge in [0.2, 0.25) is 0 Å². The first-order valence-corrected chi connectivity index (χ1v) is 7.67. The highest BCUT2D eigenvalue weighted by atomic mass is 16.5. The molecule has 1 atom stereocenters. The number of aromatic amines is 1. The zero-order valence-electron chi connectivity index (χ0n) is 13.9. The van der Waals surface area contributed by atoms with Crippen molar-refractivity contribution in [1.82, 2.24) is 15.1 Å². The van der Waals surface area contributed by atoms with E-state index in [0.29, 0.717) is 17.7 Å². The minimum Gasteiger partial charge on any atom is -0.467 e. The molecule has 0 aliphatic carbocycles. The topological polar surface area (TPSA) is 75.3 Å². The Morgan fingerprint density at radius 1 is 1.33 bits per heavy atom. The van der Waals surface area contributed by atoms with Crippen LogP contribution in [-0.4, -0.2) is 34.1 Å². The SMILES string of the molecule is COC(=O)C1c2cn[nH]c2CN1C(=O)C(C)=Cc1ccc(C)cc1. The Bertz CT molecular complexity index is 805. The summed E-state index contributed by atoms with van der Waals surface area (Å²) in [6.07, 6.45) is 3.39. The fraction of sp³-hybridized carbons (Fsp3) is 0.278. The Kier molecular flexibility index (Phi) is 4.20. The predicted octanol–water partition coefficient (Wildman–Crippen LogP) is 2.38. The molecule has 1 unspecified atom stereocenters. The minimum atomic E-state index is -0.752. The third-order valence-corrected chi connectivity index (χ3v) is 4.17. The maximum absolute atomic E-state index is 12.8. The number of carbonyl (C=O) groups excluding carboxylic acids is 2. The van der Waals surface area contributed by atoms with Crippen LogP contribution in [0.15, 0.2) is 36.0 Å². The molecule has 0 fully saturated rings. The predicted molar refractivity (Wildman–Crippen MR) is 88.7 cm³/mol. The fourth-order valence-electron chi connectivity index (χ4n) is 2.87. The maximum Gasteiger partial charge on any atom is 0.333 e. The van der Waals surface area contributed by atoms with Gasteiger partial charge in [0, 0.05) is 11.1 Å². The van der Waals surface area contributed by atoms with Crippen LogP contribution in [0.1, 0.15) is 35.3 Å². The Hall–Kier alpha value is -2.89. The third-order valence-electron chi connectivity index (χ3n) is 4.17. The summed E-state index contributed by atoms with van der Waals surface area (Å²) in [5.41, 5.74) is 4.12. The second kappa shape index (κ2) is 6.31. The molecule has 1 aliphatic rings. The number of benzene rings is 1. The molecule has 6 nitrogen and oxygen atoms in total. The molecular formula is C18H19N3O3. The van der Waals surface area contributed by atoms with Crippen molar-refractivity contribution in [1.29, 1.82) is 0 Å². The standard InChI is InChI=1S/C18H19N3O3/c1-11-4-6-13(7-5-11)8-12(2)17(22)21-10-15-14(9-19-20-15)16(21)18(23)24-3/h4-9,16H,10H2,1-3H3,(H,19,20). The lowest BCUT2D eigenvalue weighted by Crippen LogP contribution is -2.35. The van der Waals surface area contributed by atoms with Crippen LogP contribution >= 0.6 is 0 Å². The average Bonchev–Trinajstić information content (AvgIpc) is 3.16. The summed E-state index contributed by atoms with van der Waals surface area (Å²) in [7, 11) is 1.32. The molecule has 0 spiro atoms. The molecular weight excluding hydrogens is 306 g/mol. The zero-order valence-corrected chi connectivity index (χ0v) is 13.9. The van der Waals surface area contributed by atoms with E-state index in [1.165, 1.54) is 12.0 Å². The van der Waals surface area contributed by atoms with Gasteiger partial charge >= 0.3 is 5.97 Å². The molecule has 0 saturated carbocycles. The number of fused-ring (bicyclic) bond motifs is 1. The molecule has 24 heavy (non-hydrogen) atoms. The first-order chi connectivity index (χ1) is 11.5. The Morgan fingerprint density at radius 3 is 2.71 bits per heavy atom. The molecule has 6 heteroatoms. The number of nitrogens with zero attached hydrogens (tertiary/aromatic N) is 2. The van der Waals surface area contributed by atoms with Crippen LogP contribution in [0, 0.1) is 6.92 Å². The van der Waals surface area contributed by atoms with Gasteiger partial charge in [0.25, 0.3) is 5.91 Å². The van der Waals surface area contributed by atoms with E-state index in [1.807, 2.05) is 37.3 Å². The summed E-state index contributed by atoms with van der Waals surface area (Å²) in [6.45, 7) is 4.08. The van der Waals surface area contributed by atoms with Crippen molar-refractivity contribution in [2.45, 2.75) is 26.4 Å². The van der Waals surface area contributed by atoms with Crippen molar-refractivity contribution in [2.24, 2.45) is 0 Å². The number of rotatable bonds is 3. The highest BCUT2D eigenvalue weighted by Gasteiger charge is 2.40. The Balaban J connectivity index is 1.87. The molecule has 1 aromatic carbocycles. The van der Waals surface area contributed by atoms with Gasteiger partial charge < -0.3 is 9.64 Å². The second-order valence-electron chi connectivity index (χ2n) is 5.90. The van der Waals surface area contributed by atoms with E-state index in [-0.39, 0.29) is 5.91 Å². The molecule has 0 saturated heterocycles. The van der Waals surface area contributed by atoms with Crippen molar-refractivity contribution < 1.29 is 14.3 Å². The van der Waals surface area contributed by atoms with Crippen molar-refractivity contribution in [3.05, 3.63) is 58.4 Å². The summed E-state index contributed by atoms with van der Waals surface area (Å²) < 4.78 is 4.86. The van der Waals surface area contributed by atoms with Gasteiger partial charge in [-0.3, -0.25) is 9.89 Å². The van der Waals surface area contributed by atoms with Crippen molar-refractivity contribution in [2.75, 3.05) is 7.11 Å². The van der Waals surface area contributed by atoms with Crippen molar-refractivity contribution in [3.63, 3.8) is 0 Å². The third kappa shape index (κ3) is 2.82. The lowest BCUT2D eigenvalue weighted by Gasteiger charge is -2.23. The van der Waals surface area contributed by atoms with Crippen LogP contribution in [-0.2, 0) is 20.9 Å². The highest BCUT2D eigenvalue weighted by molar-refractivity contribution is 6.00. The number of aryl methyl sites for hydroxylation is 1. The molecule has 2 heterocycles. The van der Waals surface area contributed by atoms with Gasteiger partial charge in [0.1, 0.15) is 0 Å². The van der Waals surface area contributed by atoms with Crippen LogP contribution in [0.5, 0.6) is 0 Å². The van der Waals surface area contributed by atoms with E-state index in [4.69, 9.17) is 4.74 Å². The van der Waals surface area contributed by atoms with Crippen LogP contribution in [0.2, 0.25) is 0 Å². The number of carbonyl (C=O) groups is 2. The molecule has 124 valence electrons. The molecule has 2 aromatic rings. The average molecular weight is 325 g/mol. The summed E-state index contributed by atoms with van der Waals surface area (Å²) in [5, 5.41) is 6.78. The smallest absolute Gasteiger partial charge is 0.333 e. The Morgan fingerprint density at radius 2 is 2.04 bits per heavy atom. The van der Waals surface area contributed by atoms with E-state index in [9.17, 15) is 9.59 Å². The number of esters is 1. The molecule has 1 aliphatic heterocycles. The number of hydrogen-bond donors (Lipinski definition) is 1. The van der Waals surface area contributed by atoms with Crippen LogP contribution < -0.4 is 0 Å². The number of ether oxygens (including phenoxy) is 1. The van der Waals surface area contributed by atoms with Crippen LogP contribution in [0.3, 0.4) is 0 Å². The van der Waals surface area contributed by atoms with Gasteiger partial charge in [0.05, 0.1) is 25.5 Å². The van der Waals surface area contributed by atoms with E-state index < -0.39 is 12.0 Å². The normalized spacial score (nSPS) is 16.9. The lowest BCUT2D eigenvalue weighted by molar-refractivity contribution is -0.151. The van der Waals surface area contributed by atoms with Gasteiger partial charge in [-0.05, 0) is 25.5 Å². The number of aromatic nitrogens is 2. The lowest BCUT2D eigenvalue weighted by atomic mass is 10.1. The summed E-state index contributed by atoms with van der Waals surface area (Å²) in [5.74, 6) is -0.665. The summed E-state index contributed by atoms with van der Waals surface area (Å²) in [4.78, 5) is 26.5. The van der Waals surface area contributed by atoms with Gasteiger partial charge in [-0.2, -0.15) is 5.10 Å². The highest BCUT2D eigenvalue weighted by Crippen LogP contribution is 2.34. The molecule has 1 amide bonds. The van der Waals surface area contributed by atoms with E-state index in [2.05, 4.69) is 10.2 Å². The van der Waals surface area contributed by atoms with Crippen molar-refractivity contribution in [3.8, 4) is 0 Å². The second-order valence-corrected chi connectivity index (χ2v) is 5.90. The number of hydrogen-bond acceptors (Lipinski definition) is 4. The van der Waals surface area contributed by atoms with Gasteiger partial charge in [0.15, 0.2) is 6.04 Å². The molecule has 1 aromatic heterocycles. The quantitative estimate of drug-likeness (QED) is 0.694. The molecule has 0 bridgehead atoms. The van der Waals surface area contributed by atoms with Crippen LogP contribution in [0.4, 0.5) is 0 Å². The largest absolute Gasteiger partial charge is 0.467 e. The number of methoxy groups -OCH3 is 1. The van der Waals surface area contributed by atoms with Gasteiger partial charge in [-0.25, -0.2) is 4.79 Å². The monoisotopic (exact) mass is 325 g/mol. The summed E-state index contributed by atoms with van der Waals surface area (Å²) in [6, 6.07) is 7.15. The van der Waals surface area contributed by atoms with E-state index >= 15 is 0 Å². The number of amides is 1. The number of H-pyrrole nitrogens is 1. The summed E-state index contributed by atoms with van der Waals surface area (Å²) >= 11 is 0. The minimum absolute atomic E-state index is 0.199. The van der Waals surface area contributed by atoms with E-state index in [1.54, 1.807) is 13.1 Å². The fourth-order valence-corrected chi connectivity index (χ4v) is 2.87. The van der Waals surface area contributed by atoms with E-state index in [0.717, 1.165) is 16.8 Å². The van der Waals surface area contributed by atoms with Gasteiger partial charge in [-0.15, -0.1) is 0 Å². The van der Waals surface area contributed by atoms with Gasteiger partial charge in [-0.1, -0.05) is 29.8 Å². The zero-order chi connectivity index (χ0) is 17.3. The Labute approximate surface area is 140 Å². The first kappa shape index (κ1) is 16.0.